The zero-order chi connectivity index (χ0) is 18.9. The largest absolute Gasteiger partial charge is 0.444 e. The molecule has 5 nitrogen and oxygen atoms in total. The van der Waals surface area contributed by atoms with Crippen LogP contribution in [0, 0.1) is 5.92 Å². The average molecular weight is 357 g/mol. The van der Waals surface area contributed by atoms with Crippen molar-refractivity contribution in [2.45, 2.75) is 51.3 Å². The Balaban J connectivity index is 1.72. The van der Waals surface area contributed by atoms with E-state index in [0.29, 0.717) is 31.6 Å². The molecule has 0 aliphatic carbocycles. The number of hydrogen-bond acceptors (Lipinski definition) is 4. The van der Waals surface area contributed by atoms with Gasteiger partial charge in [-0.15, -0.1) is 0 Å². The summed E-state index contributed by atoms with van der Waals surface area (Å²) in [5.74, 6) is -0.0720. The van der Waals surface area contributed by atoms with E-state index in [1.54, 1.807) is 4.90 Å². The Bertz CT molecular complexity index is 678. The monoisotopic (exact) mass is 357 g/mol. The number of carbonyl (C=O) groups is 2. The van der Waals surface area contributed by atoms with Gasteiger partial charge < -0.3 is 9.47 Å². The lowest BCUT2D eigenvalue weighted by Gasteiger charge is -2.48. The van der Waals surface area contributed by atoms with Crippen LogP contribution in [-0.2, 0) is 14.3 Å². The zero-order valence-electron chi connectivity index (χ0n) is 15.7. The van der Waals surface area contributed by atoms with Crippen LogP contribution in [0.4, 0.5) is 4.79 Å². The number of rotatable bonds is 3. The summed E-state index contributed by atoms with van der Waals surface area (Å²) < 4.78 is 11.2. The van der Waals surface area contributed by atoms with Gasteiger partial charge in [0.15, 0.2) is 5.78 Å². The van der Waals surface area contributed by atoms with Crippen LogP contribution in [0.5, 0.6) is 0 Å². The van der Waals surface area contributed by atoms with E-state index in [-0.39, 0.29) is 29.9 Å². The van der Waals surface area contributed by atoms with Crippen molar-refractivity contribution in [2.75, 3.05) is 13.2 Å². The highest BCUT2D eigenvalue weighted by atomic mass is 16.6. The summed E-state index contributed by atoms with van der Waals surface area (Å²) in [5.41, 5.74) is 0.856. The van der Waals surface area contributed by atoms with Gasteiger partial charge in [-0.05, 0) is 39.2 Å². The fourth-order valence-corrected chi connectivity index (χ4v) is 3.77. The Morgan fingerprint density at radius 2 is 1.69 bits per heavy atom. The molecule has 1 amide bonds. The third-order valence-corrected chi connectivity index (χ3v) is 4.92. The predicted molar refractivity (Wildman–Crippen MR) is 99.7 cm³/mol. The second-order valence-corrected chi connectivity index (χ2v) is 8.11. The molecule has 0 spiro atoms. The molecule has 0 aromatic heterocycles. The van der Waals surface area contributed by atoms with E-state index >= 15 is 0 Å². The maximum Gasteiger partial charge on any atom is 0.410 e. The van der Waals surface area contributed by atoms with Crippen molar-refractivity contribution in [1.29, 1.82) is 0 Å². The van der Waals surface area contributed by atoms with Crippen LogP contribution in [0.2, 0.25) is 0 Å². The third-order valence-electron chi connectivity index (χ3n) is 4.92. The molecular formula is C21H27NO4. The molecule has 3 rings (SSSR count). The minimum Gasteiger partial charge on any atom is -0.444 e. The fourth-order valence-electron chi connectivity index (χ4n) is 3.77. The lowest BCUT2D eigenvalue weighted by Crippen LogP contribution is -2.60. The standard InChI is InChI=1S/C21H27NO4/c1-14(15-8-6-5-7-9-15)19(23)16-10-17-12-25-13-18(11-16)22(17)20(24)26-21(2,3)4/h5-9,16-18H,1,10-13H2,2-4H3. The molecule has 1 aromatic carbocycles. The van der Waals surface area contributed by atoms with E-state index in [2.05, 4.69) is 6.58 Å². The predicted octanol–water partition coefficient (Wildman–Crippen LogP) is 3.68. The molecule has 2 bridgehead atoms. The van der Waals surface area contributed by atoms with Crippen LogP contribution in [-0.4, -0.2) is 47.7 Å². The highest BCUT2D eigenvalue weighted by Gasteiger charge is 2.45. The van der Waals surface area contributed by atoms with Gasteiger partial charge in [0.1, 0.15) is 5.60 Å². The maximum atomic E-state index is 13.0. The van der Waals surface area contributed by atoms with Crippen LogP contribution >= 0.6 is 0 Å². The first-order valence-corrected chi connectivity index (χ1v) is 9.14. The molecule has 140 valence electrons. The second kappa shape index (κ2) is 7.23. The number of ether oxygens (including phenoxy) is 2. The van der Waals surface area contributed by atoms with Gasteiger partial charge in [-0.25, -0.2) is 4.79 Å². The van der Waals surface area contributed by atoms with Crippen LogP contribution in [0.25, 0.3) is 5.57 Å². The average Bonchev–Trinajstić information content (AvgIpc) is 2.58. The van der Waals surface area contributed by atoms with E-state index in [0.717, 1.165) is 5.56 Å². The molecule has 1 aromatic rings. The quantitative estimate of drug-likeness (QED) is 0.774. The van der Waals surface area contributed by atoms with E-state index in [1.165, 1.54) is 0 Å². The smallest absolute Gasteiger partial charge is 0.410 e. The second-order valence-electron chi connectivity index (χ2n) is 8.11. The van der Waals surface area contributed by atoms with Gasteiger partial charge in [0.05, 0.1) is 25.3 Å². The van der Waals surface area contributed by atoms with Crippen molar-refractivity contribution in [3.63, 3.8) is 0 Å². The maximum absolute atomic E-state index is 13.0. The SMILES string of the molecule is C=C(C(=O)C1CC2COCC(C1)N2C(=O)OC(C)(C)C)c1ccccc1. The molecular weight excluding hydrogens is 330 g/mol. The number of carbonyl (C=O) groups excluding carboxylic acids is 2. The van der Waals surface area contributed by atoms with Crippen molar-refractivity contribution in [3.8, 4) is 0 Å². The van der Waals surface area contributed by atoms with Gasteiger partial charge in [0, 0.05) is 11.5 Å². The van der Waals surface area contributed by atoms with Gasteiger partial charge in [-0.3, -0.25) is 9.69 Å². The summed E-state index contributed by atoms with van der Waals surface area (Å²) in [6.07, 6.45) is 0.851. The zero-order valence-corrected chi connectivity index (χ0v) is 15.7. The van der Waals surface area contributed by atoms with Gasteiger partial charge >= 0.3 is 6.09 Å². The Morgan fingerprint density at radius 3 is 2.23 bits per heavy atom. The van der Waals surface area contributed by atoms with Crippen LogP contribution < -0.4 is 0 Å². The fraction of sp³-hybridized carbons (Fsp3) is 0.524. The van der Waals surface area contributed by atoms with Gasteiger partial charge in [-0.1, -0.05) is 36.9 Å². The molecule has 2 fully saturated rings. The molecule has 2 heterocycles. The molecule has 2 atom stereocenters. The first kappa shape index (κ1) is 18.6. The molecule has 0 N–H and O–H groups in total. The number of piperidine rings is 1. The molecule has 26 heavy (non-hydrogen) atoms. The summed E-state index contributed by atoms with van der Waals surface area (Å²) in [7, 11) is 0. The highest BCUT2D eigenvalue weighted by Crippen LogP contribution is 2.35. The number of ketones is 1. The van der Waals surface area contributed by atoms with Gasteiger partial charge in [0.25, 0.3) is 0 Å². The van der Waals surface area contributed by atoms with E-state index in [9.17, 15) is 9.59 Å². The molecule has 5 heteroatoms. The minimum absolute atomic E-state index is 0.0666. The normalized spacial score (nSPS) is 25.5. The van der Waals surface area contributed by atoms with E-state index < -0.39 is 5.60 Å². The lowest BCUT2D eigenvalue weighted by atomic mass is 9.80. The molecule has 2 saturated heterocycles. The number of allylic oxidation sites excluding steroid dienone is 1. The highest BCUT2D eigenvalue weighted by molar-refractivity contribution is 6.21. The number of nitrogens with zero attached hydrogens (tertiary/aromatic N) is 1. The van der Waals surface area contributed by atoms with Crippen molar-refractivity contribution in [2.24, 2.45) is 5.92 Å². The van der Waals surface area contributed by atoms with Gasteiger partial charge in [0.2, 0.25) is 0 Å². The third kappa shape index (κ3) is 3.98. The summed E-state index contributed by atoms with van der Waals surface area (Å²) in [5, 5.41) is 0. The first-order chi connectivity index (χ1) is 12.3. The number of benzene rings is 1. The molecule has 0 saturated carbocycles. The topological polar surface area (TPSA) is 55.8 Å². The van der Waals surface area contributed by atoms with Crippen molar-refractivity contribution < 1.29 is 19.1 Å². The number of amides is 1. The number of Topliss-reactive ketones (excluding diaryl/α,β-unsaturated/α-hetero) is 1. The summed E-state index contributed by atoms with van der Waals surface area (Å²) in [4.78, 5) is 27.3. The Labute approximate surface area is 155 Å². The van der Waals surface area contributed by atoms with Crippen LogP contribution in [0.3, 0.4) is 0 Å². The number of fused-ring (bicyclic) bond motifs is 2. The summed E-state index contributed by atoms with van der Waals surface area (Å²) in [6, 6.07) is 9.27. The van der Waals surface area contributed by atoms with Crippen molar-refractivity contribution >= 4 is 17.4 Å². The molecule has 2 aliphatic rings. The molecule has 2 aliphatic heterocycles. The Kier molecular flexibility index (Phi) is 5.19. The van der Waals surface area contributed by atoms with Crippen molar-refractivity contribution in [1.82, 2.24) is 4.90 Å². The summed E-state index contributed by atoms with van der Waals surface area (Å²) >= 11 is 0. The summed E-state index contributed by atoms with van der Waals surface area (Å²) in [6.45, 7) is 10.5. The molecule has 0 radical (unpaired) electrons. The minimum atomic E-state index is -0.541. The Hall–Kier alpha value is -2.14. The van der Waals surface area contributed by atoms with E-state index in [1.807, 2.05) is 51.1 Å². The number of morpholine rings is 1. The van der Waals surface area contributed by atoms with Crippen LogP contribution in [0.15, 0.2) is 36.9 Å². The lowest BCUT2D eigenvalue weighted by molar-refractivity contribution is -0.127. The first-order valence-electron chi connectivity index (χ1n) is 9.14. The van der Waals surface area contributed by atoms with E-state index in [4.69, 9.17) is 9.47 Å². The van der Waals surface area contributed by atoms with Crippen molar-refractivity contribution in [3.05, 3.63) is 42.5 Å². The van der Waals surface area contributed by atoms with Crippen LogP contribution in [0.1, 0.15) is 39.2 Å². The van der Waals surface area contributed by atoms with Gasteiger partial charge in [-0.2, -0.15) is 0 Å². The molecule has 2 unspecified atom stereocenters. The number of hydrogen-bond donors (Lipinski definition) is 0. The Morgan fingerprint density at radius 1 is 1.12 bits per heavy atom.